The number of carbonyl (C=O) groups is 1. The van der Waals surface area contributed by atoms with Crippen molar-refractivity contribution in [2.75, 3.05) is 46.0 Å². The summed E-state index contributed by atoms with van der Waals surface area (Å²) in [7, 11) is 0. The molecule has 0 spiro atoms. The quantitative estimate of drug-likeness (QED) is 0.690. The number of ether oxygens (including phenoxy) is 2. The smallest absolute Gasteiger partial charge is 0.224 e. The van der Waals surface area contributed by atoms with Gasteiger partial charge in [0.15, 0.2) is 0 Å². The molecular weight excluding hydrogens is 220 g/mol. The van der Waals surface area contributed by atoms with Crippen LogP contribution in [0.4, 0.5) is 0 Å². The van der Waals surface area contributed by atoms with Crippen LogP contribution in [0, 0.1) is 0 Å². The second-order valence-electron chi connectivity index (χ2n) is 4.58. The lowest BCUT2D eigenvalue weighted by Crippen LogP contribution is -2.42. The van der Waals surface area contributed by atoms with Gasteiger partial charge in [-0.25, -0.2) is 0 Å². The monoisotopic (exact) mass is 242 g/mol. The van der Waals surface area contributed by atoms with Gasteiger partial charge in [0, 0.05) is 39.2 Å². The number of carbonyl (C=O) groups excluding carboxylic acids is 1. The molecule has 1 amide bonds. The normalized spacial score (nSPS) is 25.2. The van der Waals surface area contributed by atoms with E-state index in [0.29, 0.717) is 25.7 Å². The molecule has 0 aromatic rings. The Balaban J connectivity index is 1.53. The Morgan fingerprint density at radius 1 is 1.29 bits per heavy atom. The van der Waals surface area contributed by atoms with Crippen LogP contribution in [0.3, 0.4) is 0 Å². The highest BCUT2D eigenvalue weighted by atomic mass is 16.5. The summed E-state index contributed by atoms with van der Waals surface area (Å²) in [4.78, 5) is 13.7. The van der Waals surface area contributed by atoms with Crippen LogP contribution in [0.1, 0.15) is 19.3 Å². The standard InChI is InChI=1S/C12H22N2O3/c15-12(14-5-8-16-9-6-14)3-4-13-10-11-2-1-7-17-11/h11,13H,1-10H2. The van der Waals surface area contributed by atoms with Gasteiger partial charge in [0.2, 0.25) is 5.91 Å². The molecule has 17 heavy (non-hydrogen) atoms. The second-order valence-corrected chi connectivity index (χ2v) is 4.58. The Morgan fingerprint density at radius 3 is 2.82 bits per heavy atom. The minimum Gasteiger partial charge on any atom is -0.378 e. The molecule has 1 atom stereocenters. The minimum absolute atomic E-state index is 0.230. The Morgan fingerprint density at radius 2 is 2.12 bits per heavy atom. The fourth-order valence-electron chi connectivity index (χ4n) is 2.23. The van der Waals surface area contributed by atoms with Crippen LogP contribution < -0.4 is 5.32 Å². The molecule has 2 aliphatic heterocycles. The number of rotatable bonds is 5. The zero-order valence-electron chi connectivity index (χ0n) is 10.3. The first-order valence-corrected chi connectivity index (χ1v) is 6.54. The molecule has 0 bridgehead atoms. The lowest BCUT2D eigenvalue weighted by atomic mass is 10.2. The van der Waals surface area contributed by atoms with Gasteiger partial charge in [-0.3, -0.25) is 4.79 Å². The molecule has 5 nitrogen and oxygen atoms in total. The van der Waals surface area contributed by atoms with Gasteiger partial charge >= 0.3 is 0 Å². The predicted molar refractivity (Wildman–Crippen MR) is 63.9 cm³/mol. The number of hydrogen-bond acceptors (Lipinski definition) is 4. The summed E-state index contributed by atoms with van der Waals surface area (Å²) in [6.07, 6.45) is 3.24. The van der Waals surface area contributed by atoms with Crippen molar-refractivity contribution in [3.05, 3.63) is 0 Å². The molecule has 2 heterocycles. The van der Waals surface area contributed by atoms with Crippen LogP contribution in [0.2, 0.25) is 0 Å². The largest absolute Gasteiger partial charge is 0.378 e. The van der Waals surface area contributed by atoms with Gasteiger partial charge in [0.05, 0.1) is 19.3 Å². The van der Waals surface area contributed by atoms with E-state index in [-0.39, 0.29) is 5.91 Å². The van der Waals surface area contributed by atoms with Gasteiger partial charge in [0.25, 0.3) is 0 Å². The van der Waals surface area contributed by atoms with E-state index in [9.17, 15) is 4.79 Å². The van der Waals surface area contributed by atoms with Crippen LogP contribution in [0.5, 0.6) is 0 Å². The predicted octanol–water partition coefficient (Wildman–Crippen LogP) is 0.00390. The minimum atomic E-state index is 0.230. The Labute approximate surface area is 102 Å². The second kappa shape index (κ2) is 6.93. The Kier molecular flexibility index (Phi) is 5.22. The summed E-state index contributed by atoms with van der Waals surface area (Å²) in [5, 5.41) is 3.29. The van der Waals surface area contributed by atoms with E-state index in [1.807, 2.05) is 4.90 Å². The molecule has 0 aliphatic carbocycles. The van der Waals surface area contributed by atoms with Crippen molar-refractivity contribution in [1.29, 1.82) is 0 Å². The Hall–Kier alpha value is -0.650. The van der Waals surface area contributed by atoms with E-state index < -0.39 is 0 Å². The van der Waals surface area contributed by atoms with Crippen molar-refractivity contribution in [3.63, 3.8) is 0 Å². The molecule has 0 aromatic heterocycles. The molecule has 1 N–H and O–H groups in total. The molecule has 98 valence electrons. The van der Waals surface area contributed by atoms with Gasteiger partial charge in [-0.15, -0.1) is 0 Å². The summed E-state index contributed by atoms with van der Waals surface area (Å²) in [5.74, 6) is 0.230. The van der Waals surface area contributed by atoms with Gasteiger partial charge in [0.1, 0.15) is 0 Å². The van der Waals surface area contributed by atoms with Crippen LogP contribution in [0.15, 0.2) is 0 Å². The van der Waals surface area contributed by atoms with Crippen molar-refractivity contribution in [3.8, 4) is 0 Å². The highest BCUT2D eigenvalue weighted by Gasteiger charge is 2.17. The summed E-state index contributed by atoms with van der Waals surface area (Å²) in [6.45, 7) is 5.34. The summed E-state index contributed by atoms with van der Waals surface area (Å²) < 4.78 is 10.7. The van der Waals surface area contributed by atoms with Crippen molar-refractivity contribution < 1.29 is 14.3 Å². The van der Waals surface area contributed by atoms with E-state index >= 15 is 0 Å². The highest BCUT2D eigenvalue weighted by Crippen LogP contribution is 2.10. The van der Waals surface area contributed by atoms with E-state index in [4.69, 9.17) is 9.47 Å². The fraction of sp³-hybridized carbons (Fsp3) is 0.917. The fourth-order valence-corrected chi connectivity index (χ4v) is 2.23. The van der Waals surface area contributed by atoms with E-state index in [1.165, 1.54) is 6.42 Å². The number of nitrogens with zero attached hydrogens (tertiary/aromatic N) is 1. The maximum atomic E-state index is 11.8. The zero-order chi connectivity index (χ0) is 11.9. The van der Waals surface area contributed by atoms with Gasteiger partial charge in [-0.2, -0.15) is 0 Å². The van der Waals surface area contributed by atoms with Crippen molar-refractivity contribution in [2.24, 2.45) is 0 Å². The molecule has 2 rings (SSSR count). The van der Waals surface area contributed by atoms with Crippen LogP contribution in [-0.2, 0) is 14.3 Å². The zero-order valence-corrected chi connectivity index (χ0v) is 10.3. The average molecular weight is 242 g/mol. The van der Waals surface area contributed by atoms with Crippen molar-refractivity contribution in [2.45, 2.75) is 25.4 Å². The molecule has 2 fully saturated rings. The number of amides is 1. The summed E-state index contributed by atoms with van der Waals surface area (Å²) >= 11 is 0. The average Bonchev–Trinajstić information content (AvgIpc) is 2.88. The van der Waals surface area contributed by atoms with E-state index in [0.717, 1.165) is 39.2 Å². The first kappa shape index (κ1) is 12.8. The molecule has 5 heteroatoms. The molecular formula is C12H22N2O3. The van der Waals surface area contributed by atoms with Gasteiger partial charge in [-0.1, -0.05) is 0 Å². The third kappa shape index (κ3) is 4.26. The summed E-state index contributed by atoms with van der Waals surface area (Å²) in [5.41, 5.74) is 0. The topological polar surface area (TPSA) is 50.8 Å². The van der Waals surface area contributed by atoms with Crippen LogP contribution >= 0.6 is 0 Å². The van der Waals surface area contributed by atoms with Crippen molar-refractivity contribution in [1.82, 2.24) is 10.2 Å². The number of hydrogen-bond donors (Lipinski definition) is 1. The molecule has 2 aliphatic rings. The maximum absolute atomic E-state index is 11.8. The molecule has 0 radical (unpaired) electrons. The number of morpholine rings is 1. The number of nitrogens with one attached hydrogen (secondary N) is 1. The highest BCUT2D eigenvalue weighted by molar-refractivity contribution is 5.76. The molecule has 2 saturated heterocycles. The molecule has 1 unspecified atom stereocenters. The SMILES string of the molecule is O=C(CCNCC1CCCO1)N1CCOCC1. The lowest BCUT2D eigenvalue weighted by Gasteiger charge is -2.27. The van der Waals surface area contributed by atoms with E-state index in [1.54, 1.807) is 0 Å². The van der Waals surface area contributed by atoms with E-state index in [2.05, 4.69) is 5.32 Å². The van der Waals surface area contributed by atoms with Gasteiger partial charge < -0.3 is 19.7 Å². The van der Waals surface area contributed by atoms with Crippen molar-refractivity contribution >= 4 is 5.91 Å². The third-order valence-electron chi connectivity index (χ3n) is 3.28. The first-order valence-electron chi connectivity index (χ1n) is 6.54. The maximum Gasteiger partial charge on any atom is 0.224 e. The van der Waals surface area contributed by atoms with Crippen LogP contribution in [-0.4, -0.2) is 62.9 Å². The Bertz CT molecular complexity index is 236. The van der Waals surface area contributed by atoms with Crippen LogP contribution in [0.25, 0.3) is 0 Å². The lowest BCUT2D eigenvalue weighted by molar-refractivity contribution is -0.135. The molecule has 0 aromatic carbocycles. The van der Waals surface area contributed by atoms with Gasteiger partial charge in [-0.05, 0) is 12.8 Å². The molecule has 0 saturated carbocycles. The summed E-state index contributed by atoms with van der Waals surface area (Å²) in [6, 6.07) is 0. The third-order valence-corrected chi connectivity index (χ3v) is 3.28. The first-order chi connectivity index (χ1) is 8.36.